The average molecular weight is 965 g/mol. The van der Waals surface area contributed by atoms with Crippen LogP contribution in [0.25, 0.3) is 115 Å². The zero-order valence-corrected chi connectivity index (χ0v) is 41.2. The van der Waals surface area contributed by atoms with Gasteiger partial charge >= 0.3 is 0 Å². The lowest BCUT2D eigenvalue weighted by atomic mass is 9.70. The van der Waals surface area contributed by atoms with Gasteiger partial charge in [0.15, 0.2) is 0 Å². The van der Waals surface area contributed by atoms with Crippen LogP contribution < -0.4 is 4.90 Å². The number of aromatic nitrogens is 1. The summed E-state index contributed by atoms with van der Waals surface area (Å²) in [6, 6.07) is 98.9. The van der Waals surface area contributed by atoms with E-state index in [9.17, 15) is 0 Å². The number of rotatable bonds is 5. The van der Waals surface area contributed by atoms with Crippen LogP contribution in [-0.2, 0) is 5.41 Å². The summed E-state index contributed by atoms with van der Waals surface area (Å²) < 4.78 is 9.38. The molecule has 3 heteroatoms. The van der Waals surface area contributed by atoms with E-state index in [-0.39, 0.29) is 0 Å². The number of furan rings is 1. The Kier molecular flexibility index (Phi) is 8.48. The van der Waals surface area contributed by atoms with Crippen LogP contribution in [0, 0.1) is 0 Å². The van der Waals surface area contributed by atoms with Gasteiger partial charge in [-0.25, -0.2) is 0 Å². The van der Waals surface area contributed by atoms with Crippen molar-refractivity contribution < 1.29 is 4.42 Å². The normalized spacial score (nSPS) is 13.1. The topological polar surface area (TPSA) is 21.3 Å². The van der Waals surface area contributed by atoms with E-state index in [0.29, 0.717) is 0 Å². The van der Waals surface area contributed by atoms with Crippen molar-refractivity contribution in [2.75, 3.05) is 4.90 Å². The van der Waals surface area contributed by atoms with Gasteiger partial charge in [-0.3, -0.25) is 0 Å². The fourth-order valence-electron chi connectivity index (χ4n) is 14.0. The molecule has 0 amide bonds. The van der Waals surface area contributed by atoms with Crippen molar-refractivity contribution in [2.45, 2.75) is 5.41 Å². The van der Waals surface area contributed by atoms with Crippen molar-refractivity contribution in [3.05, 3.63) is 289 Å². The lowest BCUT2D eigenvalue weighted by molar-refractivity contribution is 0.669. The van der Waals surface area contributed by atoms with E-state index in [0.717, 1.165) is 72.2 Å². The third-order valence-corrected chi connectivity index (χ3v) is 16.9. The van der Waals surface area contributed by atoms with Crippen LogP contribution in [0.2, 0.25) is 0 Å². The predicted molar refractivity (Wildman–Crippen MR) is 317 cm³/mol. The van der Waals surface area contributed by atoms with Gasteiger partial charge in [-0.1, -0.05) is 200 Å². The van der Waals surface area contributed by atoms with E-state index in [2.05, 4.69) is 276 Å². The first kappa shape index (κ1) is 41.5. The van der Waals surface area contributed by atoms with Gasteiger partial charge in [0.05, 0.1) is 22.1 Å². The maximum atomic E-state index is 6.94. The minimum absolute atomic E-state index is 0.477. The number of fused-ring (bicyclic) bond motifs is 22. The molecule has 352 valence electrons. The number of benzene rings is 13. The van der Waals surface area contributed by atoms with Crippen LogP contribution in [0.1, 0.15) is 22.3 Å². The zero-order chi connectivity index (χ0) is 49.6. The van der Waals surface area contributed by atoms with Gasteiger partial charge in [-0.2, -0.15) is 0 Å². The molecule has 0 fully saturated rings. The largest absolute Gasteiger partial charge is 0.456 e. The molecule has 76 heavy (non-hydrogen) atoms. The highest BCUT2D eigenvalue weighted by Crippen LogP contribution is 2.65. The molecule has 0 radical (unpaired) electrons. The second-order valence-electron chi connectivity index (χ2n) is 20.6. The highest BCUT2D eigenvalue weighted by molar-refractivity contribution is 6.30. The highest BCUT2D eigenvalue weighted by Gasteiger charge is 2.52. The highest BCUT2D eigenvalue weighted by atomic mass is 16.3. The summed E-state index contributed by atoms with van der Waals surface area (Å²) in [7, 11) is 0. The van der Waals surface area contributed by atoms with Crippen LogP contribution in [0.15, 0.2) is 271 Å². The molecule has 0 N–H and O–H groups in total. The van der Waals surface area contributed by atoms with Gasteiger partial charge in [0.1, 0.15) is 11.2 Å². The molecular formula is C73H44N2O. The fourth-order valence-corrected chi connectivity index (χ4v) is 14.0. The van der Waals surface area contributed by atoms with Crippen molar-refractivity contribution in [1.82, 2.24) is 4.57 Å². The SMILES string of the molecule is c1ccc(N(c2ccc3c(c2)c2c(-c4ccc5c6ccccc6c6ccccc6c5c4)c4c(cc2n3-c2ccccc2)oc2ccccc24)c2cccc3c2-c2ccccc2C32c3ccccc3-c3ccccc32)cc1. The summed E-state index contributed by atoms with van der Waals surface area (Å²) in [6.45, 7) is 0. The molecular weight excluding hydrogens is 921 g/mol. The standard InChI is InChI=1S/C73H44N2O/c1-3-20-46(21-4-1)74(65-36-19-35-63-70(65)56-30-13-17-34-62(56)73(63)60-32-15-11-28-54(60)55-29-12-16-33-61(55)73)48-39-41-64-59(43-48)71-66(75(64)47-22-5-2-6-23-47)44-68-72(57-31-14-18-37-67(57)76-68)69(71)45-38-40-53-51-26-8-7-24-49(51)50-25-9-10-27-52(50)58(53)42-45/h1-44H. The van der Waals surface area contributed by atoms with Gasteiger partial charge in [0.25, 0.3) is 0 Å². The fraction of sp³-hybridized carbons (Fsp3) is 0.0137. The molecule has 17 rings (SSSR count). The van der Waals surface area contributed by atoms with Crippen LogP contribution in [0.5, 0.6) is 0 Å². The monoisotopic (exact) mass is 964 g/mol. The molecule has 15 aromatic rings. The van der Waals surface area contributed by atoms with Crippen LogP contribution in [0.3, 0.4) is 0 Å². The minimum atomic E-state index is -0.477. The number of hydrogen-bond donors (Lipinski definition) is 0. The summed E-state index contributed by atoms with van der Waals surface area (Å²) in [5.41, 5.74) is 20.6. The van der Waals surface area contributed by atoms with Crippen LogP contribution >= 0.6 is 0 Å². The van der Waals surface area contributed by atoms with Crippen LogP contribution in [0.4, 0.5) is 17.1 Å². The summed E-state index contributed by atoms with van der Waals surface area (Å²) in [6.07, 6.45) is 0. The summed E-state index contributed by atoms with van der Waals surface area (Å²) >= 11 is 0. The van der Waals surface area contributed by atoms with E-state index < -0.39 is 5.41 Å². The molecule has 0 aliphatic heterocycles. The molecule has 0 saturated heterocycles. The van der Waals surface area contributed by atoms with Gasteiger partial charge < -0.3 is 13.9 Å². The van der Waals surface area contributed by atoms with Gasteiger partial charge in [-0.15, -0.1) is 0 Å². The Balaban J connectivity index is 0.993. The second-order valence-corrected chi connectivity index (χ2v) is 20.6. The molecule has 0 saturated carbocycles. The van der Waals surface area contributed by atoms with Crippen molar-refractivity contribution in [3.8, 4) is 39.1 Å². The van der Waals surface area contributed by atoms with Gasteiger partial charge in [0, 0.05) is 55.8 Å². The third-order valence-electron chi connectivity index (χ3n) is 16.9. The number of para-hydroxylation sites is 3. The van der Waals surface area contributed by atoms with Crippen LogP contribution in [-0.4, -0.2) is 4.57 Å². The third kappa shape index (κ3) is 5.45. The molecule has 13 aromatic carbocycles. The van der Waals surface area contributed by atoms with E-state index in [1.807, 2.05) is 0 Å². The Labute approximate surface area is 438 Å². The quantitative estimate of drug-likeness (QED) is 0.160. The molecule has 2 aliphatic carbocycles. The summed E-state index contributed by atoms with van der Waals surface area (Å²) in [5, 5.41) is 12.1. The molecule has 0 unspecified atom stereocenters. The van der Waals surface area contributed by atoms with E-state index in [1.54, 1.807) is 0 Å². The first-order chi connectivity index (χ1) is 37.7. The maximum Gasteiger partial charge on any atom is 0.138 e. The van der Waals surface area contributed by atoms with Crippen molar-refractivity contribution in [2.24, 2.45) is 0 Å². The summed E-state index contributed by atoms with van der Waals surface area (Å²) in [4.78, 5) is 2.51. The smallest absolute Gasteiger partial charge is 0.138 e. The van der Waals surface area contributed by atoms with Crippen molar-refractivity contribution in [1.29, 1.82) is 0 Å². The van der Waals surface area contributed by atoms with Gasteiger partial charge in [-0.05, 0) is 137 Å². The zero-order valence-electron chi connectivity index (χ0n) is 41.2. The van der Waals surface area contributed by atoms with E-state index in [4.69, 9.17) is 4.42 Å². The second kappa shape index (κ2) is 15.5. The first-order valence-electron chi connectivity index (χ1n) is 26.3. The lowest BCUT2D eigenvalue weighted by Gasteiger charge is -2.31. The minimum Gasteiger partial charge on any atom is -0.456 e. The Hall–Kier alpha value is -9.96. The number of anilines is 3. The predicted octanol–water partition coefficient (Wildman–Crippen LogP) is 19.6. The Morgan fingerprint density at radius 2 is 0.868 bits per heavy atom. The lowest BCUT2D eigenvalue weighted by Crippen LogP contribution is -2.26. The molecule has 3 nitrogen and oxygen atoms in total. The van der Waals surface area contributed by atoms with Crippen molar-refractivity contribution in [3.63, 3.8) is 0 Å². The molecule has 2 aliphatic rings. The molecule has 2 aromatic heterocycles. The molecule has 0 atom stereocenters. The molecule has 1 spiro atoms. The number of hydrogen-bond acceptors (Lipinski definition) is 2. The maximum absolute atomic E-state index is 6.94. The molecule has 2 heterocycles. The van der Waals surface area contributed by atoms with E-state index in [1.165, 1.54) is 82.2 Å². The number of nitrogens with zero attached hydrogens (tertiary/aromatic N) is 2. The summed E-state index contributed by atoms with van der Waals surface area (Å²) in [5.74, 6) is 0. The average Bonchev–Trinajstić information content (AvgIpc) is 4.32. The Morgan fingerprint density at radius 3 is 1.57 bits per heavy atom. The Bertz CT molecular complexity index is 4860. The van der Waals surface area contributed by atoms with Crippen molar-refractivity contribution >= 4 is 93.1 Å². The van der Waals surface area contributed by atoms with E-state index >= 15 is 0 Å². The Morgan fingerprint density at radius 1 is 0.316 bits per heavy atom. The molecule has 0 bridgehead atoms. The first-order valence-corrected chi connectivity index (χ1v) is 26.3. The van der Waals surface area contributed by atoms with Gasteiger partial charge in [0.2, 0.25) is 0 Å².